The van der Waals surface area contributed by atoms with Gasteiger partial charge in [-0.25, -0.2) is 4.68 Å². The number of rotatable bonds is 5. The summed E-state index contributed by atoms with van der Waals surface area (Å²) >= 11 is 12.1. The molecule has 1 amide bonds. The van der Waals surface area contributed by atoms with Gasteiger partial charge in [-0.1, -0.05) is 23.2 Å². The Bertz CT molecular complexity index is 865. The van der Waals surface area contributed by atoms with E-state index in [-0.39, 0.29) is 24.9 Å². The quantitative estimate of drug-likeness (QED) is 0.744. The number of hydrogen-bond donors (Lipinski definition) is 0. The summed E-state index contributed by atoms with van der Waals surface area (Å²) in [5.74, 6) is -0.0241. The van der Waals surface area contributed by atoms with Crippen LogP contribution in [0.2, 0.25) is 10.0 Å². The molecular formula is C18H18Cl2N4O. The molecule has 0 aliphatic heterocycles. The molecule has 0 radical (unpaired) electrons. The lowest BCUT2D eigenvalue weighted by atomic mass is 10.1. The summed E-state index contributed by atoms with van der Waals surface area (Å²) in [6.07, 6.45) is 2.21. The first-order valence-corrected chi connectivity index (χ1v) is 8.85. The Labute approximate surface area is 156 Å². The van der Waals surface area contributed by atoms with Crippen LogP contribution in [-0.2, 0) is 11.2 Å². The van der Waals surface area contributed by atoms with E-state index in [0.29, 0.717) is 10.0 Å². The van der Waals surface area contributed by atoms with Crippen molar-refractivity contribution in [1.29, 1.82) is 5.26 Å². The lowest BCUT2D eigenvalue weighted by Gasteiger charge is -2.19. The second kappa shape index (κ2) is 7.07. The highest BCUT2D eigenvalue weighted by atomic mass is 35.5. The fourth-order valence-corrected chi connectivity index (χ4v) is 3.23. The maximum Gasteiger partial charge on any atom is 0.228 e. The van der Waals surface area contributed by atoms with Crippen molar-refractivity contribution in [2.45, 2.75) is 39.2 Å². The molecule has 0 spiro atoms. The topological polar surface area (TPSA) is 61.9 Å². The number of carbonyl (C=O) groups excluding carboxylic acids is 1. The third-order valence-electron chi connectivity index (χ3n) is 4.47. The van der Waals surface area contributed by atoms with Gasteiger partial charge in [0.15, 0.2) is 0 Å². The normalized spacial score (nSPS) is 13.6. The van der Waals surface area contributed by atoms with Crippen molar-refractivity contribution in [2.75, 3.05) is 6.54 Å². The first-order valence-electron chi connectivity index (χ1n) is 8.09. The molecule has 0 atom stereocenters. The second-order valence-electron chi connectivity index (χ2n) is 6.25. The summed E-state index contributed by atoms with van der Waals surface area (Å²) in [5, 5.41) is 14.4. The van der Waals surface area contributed by atoms with Crippen LogP contribution in [0.5, 0.6) is 0 Å². The Morgan fingerprint density at radius 1 is 1.36 bits per heavy atom. The van der Waals surface area contributed by atoms with Crippen LogP contribution < -0.4 is 0 Å². The summed E-state index contributed by atoms with van der Waals surface area (Å²) in [5.41, 5.74) is 3.37. The number of benzene rings is 1. The Hall–Kier alpha value is -2.03. The molecule has 7 heteroatoms. The molecule has 1 saturated carbocycles. The maximum atomic E-state index is 12.6. The molecule has 1 aromatic carbocycles. The minimum absolute atomic E-state index is 0.0241. The smallest absolute Gasteiger partial charge is 0.228 e. The van der Waals surface area contributed by atoms with E-state index in [9.17, 15) is 4.79 Å². The maximum absolute atomic E-state index is 12.6. The van der Waals surface area contributed by atoms with Gasteiger partial charge in [0.1, 0.15) is 6.54 Å². The highest BCUT2D eigenvalue weighted by Gasteiger charge is 2.33. The number of aryl methyl sites for hydroxylation is 1. The Kier molecular flexibility index (Phi) is 5.03. The molecule has 2 aromatic rings. The van der Waals surface area contributed by atoms with Crippen molar-refractivity contribution in [3.05, 3.63) is 45.2 Å². The zero-order valence-electron chi connectivity index (χ0n) is 14.1. The molecule has 3 rings (SSSR count). The van der Waals surface area contributed by atoms with Gasteiger partial charge in [-0.3, -0.25) is 4.79 Å². The van der Waals surface area contributed by atoms with Crippen LogP contribution in [0.1, 0.15) is 29.8 Å². The van der Waals surface area contributed by atoms with Crippen molar-refractivity contribution >= 4 is 29.1 Å². The minimum atomic E-state index is -0.0241. The molecule has 1 aliphatic carbocycles. The van der Waals surface area contributed by atoms with Crippen molar-refractivity contribution in [2.24, 2.45) is 0 Å². The van der Waals surface area contributed by atoms with E-state index in [0.717, 1.165) is 35.5 Å². The molecule has 130 valence electrons. The molecular weight excluding hydrogens is 359 g/mol. The zero-order valence-corrected chi connectivity index (χ0v) is 15.6. The van der Waals surface area contributed by atoms with Crippen LogP contribution in [-0.4, -0.2) is 33.2 Å². The molecule has 1 aliphatic rings. The monoisotopic (exact) mass is 376 g/mol. The van der Waals surface area contributed by atoms with E-state index in [1.807, 2.05) is 19.9 Å². The van der Waals surface area contributed by atoms with Gasteiger partial charge < -0.3 is 4.90 Å². The molecule has 1 fully saturated rings. The van der Waals surface area contributed by atoms with Crippen molar-refractivity contribution in [3.8, 4) is 11.8 Å². The van der Waals surface area contributed by atoms with Gasteiger partial charge in [-0.15, -0.1) is 0 Å². The zero-order chi connectivity index (χ0) is 18.1. The molecule has 0 N–H and O–H groups in total. The summed E-state index contributed by atoms with van der Waals surface area (Å²) in [6.45, 7) is 3.95. The van der Waals surface area contributed by atoms with E-state index in [2.05, 4.69) is 11.2 Å². The van der Waals surface area contributed by atoms with Crippen molar-refractivity contribution in [3.63, 3.8) is 0 Å². The van der Waals surface area contributed by atoms with Crippen LogP contribution >= 0.6 is 23.2 Å². The third-order valence-corrected chi connectivity index (χ3v) is 5.21. The Balaban J connectivity index is 1.88. The Morgan fingerprint density at radius 2 is 2.08 bits per heavy atom. The second-order valence-corrected chi connectivity index (χ2v) is 7.06. The van der Waals surface area contributed by atoms with Gasteiger partial charge >= 0.3 is 0 Å². The Morgan fingerprint density at radius 3 is 2.68 bits per heavy atom. The number of nitrogens with zero attached hydrogens (tertiary/aromatic N) is 4. The van der Waals surface area contributed by atoms with Gasteiger partial charge in [0.25, 0.3) is 0 Å². The van der Waals surface area contributed by atoms with Gasteiger partial charge in [0.05, 0.1) is 33.9 Å². The molecule has 25 heavy (non-hydrogen) atoms. The molecule has 1 heterocycles. The number of nitriles is 1. The van der Waals surface area contributed by atoms with Crippen LogP contribution in [0.3, 0.4) is 0 Å². The number of carbonyl (C=O) groups is 1. The SMILES string of the molecule is Cc1nn(-c2ccc(Cl)c(Cl)c2)c(C)c1CC(=O)N(CC#N)C1CC1. The van der Waals surface area contributed by atoms with E-state index >= 15 is 0 Å². The van der Waals surface area contributed by atoms with Gasteiger partial charge in [0, 0.05) is 17.3 Å². The average Bonchev–Trinajstić information content (AvgIpc) is 3.37. The predicted molar refractivity (Wildman–Crippen MR) is 97.1 cm³/mol. The fraction of sp³-hybridized carbons (Fsp3) is 0.389. The van der Waals surface area contributed by atoms with E-state index < -0.39 is 0 Å². The van der Waals surface area contributed by atoms with E-state index in [1.54, 1.807) is 21.7 Å². The summed E-state index contributed by atoms with van der Waals surface area (Å²) in [4.78, 5) is 14.3. The van der Waals surface area contributed by atoms with Crippen LogP contribution in [0.25, 0.3) is 5.69 Å². The number of halogens is 2. The highest BCUT2D eigenvalue weighted by molar-refractivity contribution is 6.42. The van der Waals surface area contributed by atoms with Crippen LogP contribution in [0.15, 0.2) is 18.2 Å². The molecule has 0 bridgehead atoms. The highest BCUT2D eigenvalue weighted by Crippen LogP contribution is 2.29. The summed E-state index contributed by atoms with van der Waals surface area (Å²) < 4.78 is 1.77. The summed E-state index contributed by atoms with van der Waals surface area (Å²) in [6, 6.07) is 7.62. The molecule has 0 unspecified atom stereocenters. The number of aromatic nitrogens is 2. The fourth-order valence-electron chi connectivity index (χ4n) is 2.94. The average molecular weight is 377 g/mol. The van der Waals surface area contributed by atoms with Gasteiger partial charge in [-0.05, 0) is 44.9 Å². The number of amides is 1. The summed E-state index contributed by atoms with van der Waals surface area (Å²) in [7, 11) is 0. The minimum Gasteiger partial charge on any atom is -0.326 e. The number of hydrogen-bond acceptors (Lipinski definition) is 3. The standard InChI is InChI=1S/C18H18Cl2N4O/c1-11-15(10-18(25)23(8-7-21)13-3-4-13)12(2)24(22-11)14-5-6-16(19)17(20)9-14/h5-6,9,13H,3-4,8,10H2,1-2H3. The molecule has 0 saturated heterocycles. The third kappa shape index (κ3) is 3.65. The predicted octanol–water partition coefficient (Wildman–Crippen LogP) is 3.85. The first-order chi connectivity index (χ1) is 11.9. The molecule has 1 aromatic heterocycles. The lowest BCUT2D eigenvalue weighted by Crippen LogP contribution is -2.34. The lowest BCUT2D eigenvalue weighted by molar-refractivity contribution is -0.130. The van der Waals surface area contributed by atoms with Crippen LogP contribution in [0, 0.1) is 25.2 Å². The largest absolute Gasteiger partial charge is 0.326 e. The van der Waals surface area contributed by atoms with E-state index in [1.165, 1.54) is 0 Å². The van der Waals surface area contributed by atoms with Gasteiger partial charge in [0.2, 0.25) is 5.91 Å². The molecule has 5 nitrogen and oxygen atoms in total. The van der Waals surface area contributed by atoms with Gasteiger partial charge in [-0.2, -0.15) is 10.4 Å². The first kappa shape index (κ1) is 17.8. The van der Waals surface area contributed by atoms with E-state index in [4.69, 9.17) is 28.5 Å². The van der Waals surface area contributed by atoms with Crippen molar-refractivity contribution < 1.29 is 4.79 Å². The van der Waals surface area contributed by atoms with Crippen LogP contribution in [0.4, 0.5) is 0 Å². The van der Waals surface area contributed by atoms with Crippen molar-refractivity contribution in [1.82, 2.24) is 14.7 Å².